The Kier molecular flexibility index (Phi) is 4.15. The number of amides is 2. The van der Waals surface area contributed by atoms with Gasteiger partial charge in [0.05, 0.1) is 17.2 Å². The predicted octanol–water partition coefficient (Wildman–Crippen LogP) is 0.539. The second kappa shape index (κ2) is 6.24. The van der Waals surface area contributed by atoms with Crippen molar-refractivity contribution in [2.45, 2.75) is 0 Å². The second-order valence-electron chi connectivity index (χ2n) is 4.76. The maximum absolute atomic E-state index is 12.1. The normalized spacial score (nSPS) is 16.4. The number of carbonyl (C=O) groups is 2. The third-order valence-corrected chi connectivity index (χ3v) is 4.12. The molecule has 0 atom stereocenters. The highest BCUT2D eigenvalue weighted by molar-refractivity contribution is 8.14. The van der Waals surface area contributed by atoms with E-state index in [1.54, 1.807) is 0 Å². The molecule has 1 aromatic carbocycles. The maximum atomic E-state index is 12.1. The van der Waals surface area contributed by atoms with Crippen LogP contribution in [0, 0.1) is 10.1 Å². The first-order valence-corrected chi connectivity index (χ1v) is 7.72. The lowest BCUT2D eigenvalue weighted by Crippen LogP contribution is -2.45. The smallest absolute Gasteiger partial charge is 0.271 e. The summed E-state index contributed by atoms with van der Waals surface area (Å²) in [6.07, 6.45) is 0. The van der Waals surface area contributed by atoms with Crippen molar-refractivity contribution in [2.24, 2.45) is 4.99 Å². The van der Waals surface area contributed by atoms with Crippen LogP contribution in [0.3, 0.4) is 0 Å². The first-order valence-electron chi connectivity index (χ1n) is 6.73. The highest BCUT2D eigenvalue weighted by Gasteiger charge is 2.29. The average molecular weight is 336 g/mol. The topological polar surface area (TPSA) is 114 Å². The van der Waals surface area contributed by atoms with Crippen LogP contribution in [0.25, 0.3) is 0 Å². The molecule has 3 rings (SSSR count). The molecule has 0 bridgehead atoms. The first kappa shape index (κ1) is 15.3. The molecule has 2 amide bonds. The lowest BCUT2D eigenvalue weighted by molar-refractivity contribution is -0.384. The summed E-state index contributed by atoms with van der Waals surface area (Å²) in [6.45, 7) is 0.176. The molecule has 0 aromatic heterocycles. The summed E-state index contributed by atoms with van der Waals surface area (Å²) in [5.41, 5.74) is 0.0368. The van der Waals surface area contributed by atoms with Crippen molar-refractivity contribution < 1.29 is 19.2 Å². The quantitative estimate of drug-likeness (QED) is 0.636. The standard InChI is InChI=1S/C13H12N4O5S/c18-11(15-13-14-3-4-23-13)6-16-9-5-8(17(20)21)1-2-10(9)22-7-12(16)19/h1-2,5H,3-4,6-7H2,(H,14,15,18). The summed E-state index contributed by atoms with van der Waals surface area (Å²) in [5, 5.41) is 14.0. The Balaban J connectivity index is 1.81. The van der Waals surface area contributed by atoms with Crippen molar-refractivity contribution in [3.8, 4) is 5.75 Å². The molecule has 0 saturated carbocycles. The van der Waals surface area contributed by atoms with Gasteiger partial charge in [0.15, 0.2) is 11.8 Å². The number of hydrogen-bond donors (Lipinski definition) is 1. The van der Waals surface area contributed by atoms with Gasteiger partial charge in [-0.2, -0.15) is 0 Å². The average Bonchev–Trinajstić information content (AvgIpc) is 3.02. The minimum atomic E-state index is -0.568. The highest BCUT2D eigenvalue weighted by atomic mass is 32.2. The van der Waals surface area contributed by atoms with Gasteiger partial charge in [-0.1, -0.05) is 11.8 Å². The van der Waals surface area contributed by atoms with Gasteiger partial charge < -0.3 is 10.1 Å². The minimum absolute atomic E-state index is 0.178. The molecule has 10 heteroatoms. The van der Waals surface area contributed by atoms with E-state index in [9.17, 15) is 19.7 Å². The van der Waals surface area contributed by atoms with Crippen LogP contribution >= 0.6 is 11.8 Å². The number of ether oxygens (including phenoxy) is 1. The molecule has 0 spiro atoms. The van der Waals surface area contributed by atoms with Gasteiger partial charge in [-0.15, -0.1) is 0 Å². The molecule has 2 heterocycles. The van der Waals surface area contributed by atoms with Crippen LogP contribution in [0.2, 0.25) is 0 Å². The molecule has 2 aliphatic rings. The zero-order valence-electron chi connectivity index (χ0n) is 11.9. The number of nitro benzene ring substituents is 1. The number of rotatable bonds is 3. The number of thioether (sulfide) groups is 1. The van der Waals surface area contributed by atoms with Crippen LogP contribution in [0.4, 0.5) is 11.4 Å². The Bertz CT molecular complexity index is 720. The fourth-order valence-electron chi connectivity index (χ4n) is 2.19. The van der Waals surface area contributed by atoms with E-state index in [-0.39, 0.29) is 24.5 Å². The first-order chi connectivity index (χ1) is 11.0. The van der Waals surface area contributed by atoms with E-state index in [1.165, 1.54) is 34.9 Å². The summed E-state index contributed by atoms with van der Waals surface area (Å²) in [4.78, 5) is 39.7. The molecule has 2 aliphatic heterocycles. The minimum Gasteiger partial charge on any atom is -0.482 e. The van der Waals surface area contributed by atoms with E-state index >= 15 is 0 Å². The van der Waals surface area contributed by atoms with E-state index in [0.29, 0.717) is 17.5 Å². The molecule has 0 saturated heterocycles. The number of fused-ring (bicyclic) bond motifs is 1. The van der Waals surface area contributed by atoms with Gasteiger partial charge in [0.1, 0.15) is 12.3 Å². The Morgan fingerprint density at radius 1 is 1.52 bits per heavy atom. The molecule has 0 fully saturated rings. The van der Waals surface area contributed by atoms with Crippen LogP contribution < -0.4 is 15.0 Å². The number of aliphatic imine (C=N–C) groups is 1. The number of nitro groups is 1. The monoisotopic (exact) mass is 336 g/mol. The van der Waals surface area contributed by atoms with Gasteiger partial charge in [0.25, 0.3) is 11.6 Å². The lowest BCUT2D eigenvalue weighted by atomic mass is 10.2. The van der Waals surface area contributed by atoms with E-state index < -0.39 is 16.7 Å². The Morgan fingerprint density at radius 2 is 2.35 bits per heavy atom. The molecular weight excluding hydrogens is 324 g/mol. The number of anilines is 1. The SMILES string of the molecule is O=C(CN1C(=O)COc2ccc([N+](=O)[O-])cc21)NC1=NCCS1. The predicted molar refractivity (Wildman–Crippen MR) is 83.8 cm³/mol. The number of hydrogen-bond acceptors (Lipinski definition) is 7. The maximum Gasteiger partial charge on any atom is 0.271 e. The van der Waals surface area contributed by atoms with Crippen LogP contribution in [0.1, 0.15) is 0 Å². The van der Waals surface area contributed by atoms with Crippen LogP contribution in [0.5, 0.6) is 5.75 Å². The molecule has 23 heavy (non-hydrogen) atoms. The Labute approximate surface area is 134 Å². The number of amidine groups is 1. The van der Waals surface area contributed by atoms with E-state index in [4.69, 9.17) is 4.74 Å². The van der Waals surface area contributed by atoms with Crippen LogP contribution in [-0.2, 0) is 9.59 Å². The van der Waals surface area contributed by atoms with Crippen molar-refractivity contribution in [3.63, 3.8) is 0 Å². The summed E-state index contributed by atoms with van der Waals surface area (Å²) in [7, 11) is 0. The molecule has 0 unspecified atom stereocenters. The Morgan fingerprint density at radius 3 is 3.04 bits per heavy atom. The molecule has 120 valence electrons. The van der Waals surface area contributed by atoms with Crippen LogP contribution in [0.15, 0.2) is 23.2 Å². The Hall–Kier alpha value is -2.62. The molecule has 1 aromatic rings. The van der Waals surface area contributed by atoms with Gasteiger partial charge in [0, 0.05) is 17.9 Å². The number of non-ortho nitro benzene ring substituents is 1. The third kappa shape index (κ3) is 3.26. The fraction of sp³-hybridized carbons (Fsp3) is 0.308. The van der Waals surface area contributed by atoms with Gasteiger partial charge in [-0.25, -0.2) is 0 Å². The molecule has 1 N–H and O–H groups in total. The summed E-state index contributed by atoms with van der Waals surface area (Å²) >= 11 is 1.43. The zero-order chi connectivity index (χ0) is 16.4. The van der Waals surface area contributed by atoms with Crippen molar-refractivity contribution >= 4 is 40.1 Å². The van der Waals surface area contributed by atoms with Crippen molar-refractivity contribution in [2.75, 3.05) is 30.3 Å². The van der Waals surface area contributed by atoms with Crippen molar-refractivity contribution in [3.05, 3.63) is 28.3 Å². The largest absolute Gasteiger partial charge is 0.482 e. The molecule has 0 radical (unpaired) electrons. The van der Waals surface area contributed by atoms with E-state index in [0.717, 1.165) is 5.75 Å². The highest BCUT2D eigenvalue weighted by Crippen LogP contribution is 2.35. The third-order valence-electron chi connectivity index (χ3n) is 3.23. The van der Waals surface area contributed by atoms with Crippen molar-refractivity contribution in [1.82, 2.24) is 5.32 Å². The van der Waals surface area contributed by atoms with Gasteiger partial charge in [0.2, 0.25) is 5.91 Å². The van der Waals surface area contributed by atoms with Gasteiger partial charge in [-0.3, -0.25) is 29.6 Å². The van der Waals surface area contributed by atoms with E-state index in [2.05, 4.69) is 10.3 Å². The van der Waals surface area contributed by atoms with Crippen LogP contribution in [-0.4, -0.2) is 47.4 Å². The summed E-state index contributed by atoms with van der Waals surface area (Å²) in [5.74, 6) is 0.289. The lowest BCUT2D eigenvalue weighted by Gasteiger charge is -2.28. The second-order valence-corrected chi connectivity index (χ2v) is 5.84. The van der Waals surface area contributed by atoms with E-state index in [1.807, 2.05) is 0 Å². The number of benzene rings is 1. The summed E-state index contributed by atoms with van der Waals surface area (Å²) in [6, 6.07) is 3.93. The number of carbonyl (C=O) groups excluding carboxylic acids is 2. The molecular formula is C13H12N4O5S. The number of nitrogens with one attached hydrogen (secondary N) is 1. The fourth-order valence-corrected chi connectivity index (χ4v) is 2.94. The van der Waals surface area contributed by atoms with Crippen molar-refractivity contribution in [1.29, 1.82) is 0 Å². The number of nitrogens with zero attached hydrogens (tertiary/aromatic N) is 3. The molecule has 9 nitrogen and oxygen atoms in total. The summed E-state index contributed by atoms with van der Waals surface area (Å²) < 4.78 is 5.24. The van der Waals surface area contributed by atoms with Gasteiger partial charge >= 0.3 is 0 Å². The van der Waals surface area contributed by atoms with Gasteiger partial charge in [-0.05, 0) is 6.07 Å². The zero-order valence-corrected chi connectivity index (χ0v) is 12.7. The molecule has 0 aliphatic carbocycles.